The molecule has 23 heavy (non-hydrogen) atoms. The molecule has 0 aliphatic carbocycles. The zero-order valence-electron chi connectivity index (χ0n) is 13.5. The summed E-state index contributed by atoms with van der Waals surface area (Å²) in [5.41, 5.74) is 1.99. The summed E-state index contributed by atoms with van der Waals surface area (Å²) in [6, 6.07) is 4.93. The van der Waals surface area contributed by atoms with Crippen LogP contribution >= 0.6 is 0 Å². The molecule has 2 aromatic heterocycles. The molecule has 1 atom stereocenters. The van der Waals surface area contributed by atoms with Gasteiger partial charge in [-0.15, -0.1) is 0 Å². The van der Waals surface area contributed by atoms with Crippen molar-refractivity contribution in [3.63, 3.8) is 0 Å². The molecule has 0 aliphatic heterocycles. The van der Waals surface area contributed by atoms with Crippen molar-refractivity contribution in [3.05, 3.63) is 41.8 Å². The summed E-state index contributed by atoms with van der Waals surface area (Å²) in [6.07, 6.45) is 1.60. The smallest absolute Gasteiger partial charge is 0.251 e. The second-order valence-electron chi connectivity index (χ2n) is 6.54. The largest absolute Gasteiger partial charge is 0.345 e. The molecule has 0 bridgehead atoms. The number of carbonyl (C=O) groups is 1. The van der Waals surface area contributed by atoms with Gasteiger partial charge in [0, 0.05) is 11.0 Å². The highest BCUT2D eigenvalue weighted by molar-refractivity contribution is 5.97. The molecule has 2 N–H and O–H groups in total. The van der Waals surface area contributed by atoms with Crippen LogP contribution in [0, 0.1) is 0 Å². The van der Waals surface area contributed by atoms with Crippen molar-refractivity contribution in [2.75, 3.05) is 0 Å². The number of hydrogen-bond acceptors (Lipinski definition) is 5. The van der Waals surface area contributed by atoms with Crippen molar-refractivity contribution in [1.82, 2.24) is 25.4 Å². The monoisotopic (exact) mass is 313 g/mol. The summed E-state index contributed by atoms with van der Waals surface area (Å²) in [6.45, 7) is 7.83. The van der Waals surface area contributed by atoms with Crippen molar-refractivity contribution >= 4 is 16.9 Å². The van der Waals surface area contributed by atoms with Crippen molar-refractivity contribution in [2.45, 2.75) is 39.2 Å². The average Bonchev–Trinajstić information content (AvgIpc) is 3.14. The van der Waals surface area contributed by atoms with E-state index in [1.54, 1.807) is 24.5 Å². The summed E-state index contributed by atoms with van der Waals surface area (Å²) >= 11 is 0. The van der Waals surface area contributed by atoms with E-state index in [0.717, 1.165) is 11.0 Å². The number of benzene rings is 1. The lowest BCUT2D eigenvalue weighted by molar-refractivity contribution is 0.0932. The molecule has 7 nitrogen and oxygen atoms in total. The molecule has 0 unspecified atom stereocenters. The van der Waals surface area contributed by atoms with Gasteiger partial charge in [0.25, 0.3) is 5.91 Å². The van der Waals surface area contributed by atoms with Crippen molar-refractivity contribution in [2.24, 2.45) is 0 Å². The number of carbonyl (C=O) groups excluding carboxylic acids is 1. The molecule has 7 heteroatoms. The van der Waals surface area contributed by atoms with Gasteiger partial charge in [-0.3, -0.25) is 4.79 Å². The van der Waals surface area contributed by atoms with Gasteiger partial charge in [-0.1, -0.05) is 25.9 Å². The highest BCUT2D eigenvalue weighted by Gasteiger charge is 2.24. The summed E-state index contributed by atoms with van der Waals surface area (Å²) in [5, 5.41) is 6.84. The highest BCUT2D eigenvalue weighted by Crippen LogP contribution is 2.21. The molecule has 3 rings (SSSR count). The van der Waals surface area contributed by atoms with Crippen LogP contribution in [0.2, 0.25) is 0 Å². The summed E-state index contributed by atoms with van der Waals surface area (Å²) in [5.74, 6) is 0.808. The van der Waals surface area contributed by atoms with E-state index in [9.17, 15) is 4.79 Å². The van der Waals surface area contributed by atoms with Crippen molar-refractivity contribution in [3.8, 4) is 0 Å². The fourth-order valence-electron chi connectivity index (χ4n) is 2.13. The fraction of sp³-hybridized carbons (Fsp3) is 0.375. The number of amides is 1. The van der Waals surface area contributed by atoms with Gasteiger partial charge in [-0.05, 0) is 25.1 Å². The van der Waals surface area contributed by atoms with Crippen LogP contribution in [0.3, 0.4) is 0 Å². The Kier molecular flexibility index (Phi) is 3.63. The predicted octanol–water partition coefficient (Wildman–Crippen LogP) is 2.73. The number of aromatic nitrogens is 4. The van der Waals surface area contributed by atoms with Crippen LogP contribution in [0.25, 0.3) is 11.0 Å². The number of aromatic amines is 1. The van der Waals surface area contributed by atoms with Crippen molar-refractivity contribution in [1.29, 1.82) is 0 Å². The van der Waals surface area contributed by atoms with E-state index in [1.807, 2.05) is 27.7 Å². The zero-order valence-corrected chi connectivity index (χ0v) is 13.5. The van der Waals surface area contributed by atoms with Gasteiger partial charge >= 0.3 is 0 Å². The number of nitrogens with zero attached hydrogens (tertiary/aromatic N) is 3. The number of nitrogens with one attached hydrogen (secondary N) is 2. The quantitative estimate of drug-likeness (QED) is 0.775. The highest BCUT2D eigenvalue weighted by atomic mass is 16.5. The van der Waals surface area contributed by atoms with E-state index < -0.39 is 0 Å². The summed E-state index contributed by atoms with van der Waals surface area (Å²) in [7, 11) is 0. The topological polar surface area (TPSA) is 96.7 Å². The van der Waals surface area contributed by atoms with Crippen LogP contribution in [-0.4, -0.2) is 26.0 Å². The molecule has 3 aromatic rings. The molecule has 120 valence electrons. The van der Waals surface area contributed by atoms with E-state index in [4.69, 9.17) is 4.52 Å². The van der Waals surface area contributed by atoms with Gasteiger partial charge in [-0.2, -0.15) is 4.98 Å². The molecular weight excluding hydrogens is 294 g/mol. The molecule has 0 fully saturated rings. The minimum absolute atomic E-state index is 0.197. The van der Waals surface area contributed by atoms with E-state index in [0.29, 0.717) is 17.3 Å². The first kappa shape index (κ1) is 15.2. The molecule has 0 aliphatic rings. The third-order valence-corrected chi connectivity index (χ3v) is 3.51. The Morgan fingerprint density at radius 2 is 2.13 bits per heavy atom. The van der Waals surface area contributed by atoms with E-state index in [1.165, 1.54) is 0 Å². The number of hydrogen-bond donors (Lipinski definition) is 2. The Labute approximate surface area is 133 Å². The maximum atomic E-state index is 12.4. The Morgan fingerprint density at radius 3 is 2.83 bits per heavy atom. The van der Waals surface area contributed by atoms with E-state index in [2.05, 4.69) is 25.4 Å². The van der Waals surface area contributed by atoms with Gasteiger partial charge in [-0.25, -0.2) is 4.98 Å². The van der Waals surface area contributed by atoms with Gasteiger partial charge < -0.3 is 14.8 Å². The van der Waals surface area contributed by atoms with Crippen LogP contribution in [0.1, 0.15) is 55.8 Å². The van der Waals surface area contributed by atoms with Crippen LogP contribution in [0.15, 0.2) is 29.0 Å². The van der Waals surface area contributed by atoms with Crippen molar-refractivity contribution < 1.29 is 9.32 Å². The third-order valence-electron chi connectivity index (χ3n) is 3.51. The second kappa shape index (κ2) is 5.49. The predicted molar refractivity (Wildman–Crippen MR) is 85.0 cm³/mol. The normalized spacial score (nSPS) is 13.2. The standard InChI is InChI=1S/C16H19N5O2/c1-9(14-20-15(21-23-14)16(2,3)4)19-13(22)10-5-6-11-12(7-10)18-8-17-11/h5-9H,1-4H3,(H,17,18)(H,19,22)/t9-/m1/s1. The van der Waals surface area contributed by atoms with Gasteiger partial charge in [0.05, 0.1) is 17.4 Å². The van der Waals surface area contributed by atoms with Crippen LogP contribution in [0.5, 0.6) is 0 Å². The first-order chi connectivity index (χ1) is 10.8. The number of H-pyrrole nitrogens is 1. The van der Waals surface area contributed by atoms with Gasteiger partial charge in [0.15, 0.2) is 5.82 Å². The van der Waals surface area contributed by atoms with Crippen LogP contribution in [-0.2, 0) is 5.41 Å². The Bertz CT molecular complexity index is 843. The Hall–Kier alpha value is -2.70. The minimum Gasteiger partial charge on any atom is -0.345 e. The number of rotatable bonds is 3. The van der Waals surface area contributed by atoms with Gasteiger partial charge in [0.2, 0.25) is 5.89 Å². The molecule has 1 aromatic carbocycles. The molecule has 0 spiro atoms. The van der Waals surface area contributed by atoms with E-state index >= 15 is 0 Å². The average molecular weight is 313 g/mol. The molecule has 1 amide bonds. The number of imidazole rings is 1. The molecule has 0 saturated carbocycles. The summed E-state index contributed by atoms with van der Waals surface area (Å²) in [4.78, 5) is 23.8. The number of fused-ring (bicyclic) bond motifs is 1. The fourth-order valence-corrected chi connectivity index (χ4v) is 2.13. The third kappa shape index (κ3) is 3.08. The molecule has 2 heterocycles. The zero-order chi connectivity index (χ0) is 16.6. The van der Waals surface area contributed by atoms with Crippen LogP contribution in [0.4, 0.5) is 0 Å². The SMILES string of the molecule is C[C@@H](NC(=O)c1ccc2nc[nH]c2c1)c1nc(C(C)(C)C)no1. The molecule has 0 radical (unpaired) electrons. The second-order valence-corrected chi connectivity index (χ2v) is 6.54. The first-order valence-electron chi connectivity index (χ1n) is 7.42. The minimum atomic E-state index is -0.372. The maximum Gasteiger partial charge on any atom is 0.251 e. The van der Waals surface area contributed by atoms with Gasteiger partial charge in [0.1, 0.15) is 6.04 Å². The van der Waals surface area contributed by atoms with Crippen LogP contribution < -0.4 is 5.32 Å². The maximum absolute atomic E-state index is 12.4. The first-order valence-corrected chi connectivity index (χ1v) is 7.42. The molecular formula is C16H19N5O2. The molecule has 0 saturated heterocycles. The summed E-state index contributed by atoms with van der Waals surface area (Å²) < 4.78 is 5.26. The van der Waals surface area contributed by atoms with E-state index in [-0.39, 0.29) is 17.4 Å². The lowest BCUT2D eigenvalue weighted by Crippen LogP contribution is -2.27. The lowest BCUT2D eigenvalue weighted by atomic mass is 9.96. The Morgan fingerprint density at radius 1 is 1.35 bits per heavy atom. The Balaban J connectivity index is 1.75. The lowest BCUT2D eigenvalue weighted by Gasteiger charge is -2.12.